The maximum atomic E-state index is 13.4. The van der Waals surface area contributed by atoms with Gasteiger partial charge in [0.25, 0.3) is 11.8 Å². The Kier molecular flexibility index (Phi) is 8.24. The molecule has 0 radical (unpaired) electrons. The van der Waals surface area contributed by atoms with Gasteiger partial charge in [-0.25, -0.2) is 9.59 Å². The van der Waals surface area contributed by atoms with Crippen molar-refractivity contribution >= 4 is 23.9 Å². The minimum absolute atomic E-state index is 0.00736. The van der Waals surface area contributed by atoms with Crippen molar-refractivity contribution in [2.45, 2.75) is 51.5 Å². The van der Waals surface area contributed by atoms with E-state index >= 15 is 0 Å². The van der Waals surface area contributed by atoms with Crippen LogP contribution < -0.4 is 0 Å². The monoisotopic (exact) mass is 540 g/mol. The lowest BCUT2D eigenvalue weighted by molar-refractivity contribution is -0.197. The summed E-state index contributed by atoms with van der Waals surface area (Å²) in [6.07, 6.45) is 2.45. The molecule has 206 valence electrons. The fraction of sp³-hybridized carbons (Fsp3) is 0.312. The highest BCUT2D eigenvalue weighted by Gasteiger charge is 2.34. The van der Waals surface area contributed by atoms with Gasteiger partial charge >= 0.3 is 12.1 Å². The molecule has 40 heavy (non-hydrogen) atoms. The van der Waals surface area contributed by atoms with Crippen molar-refractivity contribution < 1.29 is 28.8 Å². The molecule has 0 spiro atoms. The average molecular weight is 541 g/mol. The molecule has 3 amide bonds. The first kappa shape index (κ1) is 27.1. The minimum atomic E-state index is -0.892. The standard InChI is InChI=1S/C32H32N2O6/c1-2-3-8-22-13-15-23(16-14-22)19-33(20-31(37)40-34-29(35)17-18-30(34)36)32(38)39-21-28-26-11-6-4-9-24(26)25-10-5-7-12-27(25)28/h4-7,9-16,28H,2-3,8,17-21H2,1H3. The van der Waals surface area contributed by atoms with Gasteiger partial charge < -0.3 is 9.57 Å². The topological polar surface area (TPSA) is 93.2 Å². The fourth-order valence-electron chi connectivity index (χ4n) is 5.23. The SMILES string of the molecule is CCCCc1ccc(CN(CC(=O)ON2C(=O)CCC2=O)C(=O)OCC2c3ccccc3-c3ccccc32)cc1. The lowest BCUT2D eigenvalue weighted by Crippen LogP contribution is -2.40. The number of carbonyl (C=O) groups is 4. The number of amides is 3. The van der Waals surface area contributed by atoms with Gasteiger partial charge in [-0.05, 0) is 46.2 Å². The second-order valence-electron chi connectivity index (χ2n) is 10.1. The van der Waals surface area contributed by atoms with Crippen LogP contribution in [0.1, 0.15) is 60.8 Å². The zero-order valence-corrected chi connectivity index (χ0v) is 22.5. The van der Waals surface area contributed by atoms with E-state index in [2.05, 4.69) is 19.1 Å². The Morgan fingerprint density at radius 3 is 2.02 bits per heavy atom. The molecule has 2 aliphatic rings. The Hall–Kier alpha value is -4.46. The summed E-state index contributed by atoms with van der Waals surface area (Å²) in [5.74, 6) is -2.18. The number of carbonyl (C=O) groups excluding carboxylic acids is 4. The highest BCUT2D eigenvalue weighted by molar-refractivity contribution is 6.01. The van der Waals surface area contributed by atoms with Crippen LogP contribution in [-0.4, -0.2) is 47.0 Å². The van der Waals surface area contributed by atoms with Gasteiger partial charge in [-0.3, -0.25) is 14.5 Å². The molecule has 1 aliphatic heterocycles. The highest BCUT2D eigenvalue weighted by atomic mass is 16.7. The van der Waals surface area contributed by atoms with Crippen LogP contribution in [0.2, 0.25) is 0 Å². The lowest BCUT2D eigenvalue weighted by atomic mass is 9.98. The van der Waals surface area contributed by atoms with Crippen LogP contribution in [0.3, 0.4) is 0 Å². The third-order valence-corrected chi connectivity index (χ3v) is 7.33. The second-order valence-corrected chi connectivity index (χ2v) is 10.1. The van der Waals surface area contributed by atoms with Crippen molar-refractivity contribution in [3.63, 3.8) is 0 Å². The maximum Gasteiger partial charge on any atom is 0.410 e. The van der Waals surface area contributed by atoms with Gasteiger partial charge in [0.15, 0.2) is 0 Å². The molecule has 3 aromatic carbocycles. The number of ether oxygens (including phenoxy) is 1. The van der Waals surface area contributed by atoms with Crippen LogP contribution in [0.5, 0.6) is 0 Å². The van der Waals surface area contributed by atoms with Crippen LogP contribution in [0.25, 0.3) is 11.1 Å². The Labute approximate surface area is 233 Å². The van der Waals surface area contributed by atoms with Gasteiger partial charge in [0.1, 0.15) is 13.2 Å². The molecule has 8 heteroatoms. The van der Waals surface area contributed by atoms with E-state index in [1.54, 1.807) is 0 Å². The normalized spacial score (nSPS) is 14.2. The molecule has 0 N–H and O–H groups in total. The number of unbranched alkanes of at least 4 members (excludes halogenated alkanes) is 1. The van der Waals surface area contributed by atoms with Crippen LogP contribution in [0, 0.1) is 0 Å². The largest absolute Gasteiger partial charge is 0.448 e. The third kappa shape index (κ3) is 5.91. The molecule has 0 atom stereocenters. The van der Waals surface area contributed by atoms with E-state index in [-0.39, 0.29) is 31.9 Å². The highest BCUT2D eigenvalue weighted by Crippen LogP contribution is 2.44. The Morgan fingerprint density at radius 1 is 0.850 bits per heavy atom. The number of imide groups is 1. The molecule has 3 aromatic rings. The van der Waals surface area contributed by atoms with Crippen molar-refractivity contribution in [1.29, 1.82) is 0 Å². The summed E-state index contributed by atoms with van der Waals surface area (Å²) in [4.78, 5) is 56.2. The lowest BCUT2D eigenvalue weighted by Gasteiger charge is -2.24. The summed E-state index contributed by atoms with van der Waals surface area (Å²) in [6, 6.07) is 24.0. The van der Waals surface area contributed by atoms with Crippen molar-refractivity contribution in [1.82, 2.24) is 9.96 Å². The van der Waals surface area contributed by atoms with Crippen LogP contribution in [0.15, 0.2) is 72.8 Å². The number of fused-ring (bicyclic) bond motifs is 3. The van der Waals surface area contributed by atoms with E-state index in [4.69, 9.17) is 9.57 Å². The number of hydroxylamine groups is 2. The van der Waals surface area contributed by atoms with Crippen LogP contribution in [0.4, 0.5) is 4.79 Å². The van der Waals surface area contributed by atoms with E-state index in [1.807, 2.05) is 60.7 Å². The van der Waals surface area contributed by atoms with Gasteiger partial charge in [0, 0.05) is 25.3 Å². The molecule has 1 heterocycles. The number of rotatable bonds is 10. The Balaban J connectivity index is 1.31. The number of hydrogen-bond donors (Lipinski definition) is 0. The molecule has 5 rings (SSSR count). The van der Waals surface area contributed by atoms with E-state index in [1.165, 1.54) is 10.5 Å². The summed E-state index contributed by atoms with van der Waals surface area (Å²) < 4.78 is 5.80. The summed E-state index contributed by atoms with van der Waals surface area (Å²) in [6.45, 7) is 1.85. The van der Waals surface area contributed by atoms with Crippen molar-refractivity contribution in [3.8, 4) is 11.1 Å². The fourth-order valence-corrected chi connectivity index (χ4v) is 5.23. The quantitative estimate of drug-likeness (QED) is 0.320. The van der Waals surface area contributed by atoms with E-state index in [9.17, 15) is 19.2 Å². The maximum absolute atomic E-state index is 13.4. The van der Waals surface area contributed by atoms with Gasteiger partial charge in [-0.1, -0.05) is 86.1 Å². The molecule has 1 saturated heterocycles. The van der Waals surface area contributed by atoms with Crippen molar-refractivity contribution in [3.05, 3.63) is 95.1 Å². The van der Waals surface area contributed by atoms with Gasteiger partial charge in [0.05, 0.1) is 0 Å². The van der Waals surface area contributed by atoms with Gasteiger partial charge in [-0.2, -0.15) is 0 Å². The number of hydrogen-bond acceptors (Lipinski definition) is 6. The third-order valence-electron chi connectivity index (χ3n) is 7.33. The van der Waals surface area contributed by atoms with E-state index in [0.29, 0.717) is 5.06 Å². The molecule has 0 saturated carbocycles. The van der Waals surface area contributed by atoms with E-state index < -0.39 is 30.4 Å². The predicted molar refractivity (Wildman–Crippen MR) is 148 cm³/mol. The zero-order valence-electron chi connectivity index (χ0n) is 22.5. The van der Waals surface area contributed by atoms with Crippen LogP contribution >= 0.6 is 0 Å². The van der Waals surface area contributed by atoms with E-state index in [0.717, 1.165) is 47.1 Å². The second kappa shape index (κ2) is 12.2. The number of benzene rings is 3. The molecular formula is C32H32N2O6. The average Bonchev–Trinajstić information content (AvgIpc) is 3.46. The smallest absolute Gasteiger partial charge is 0.410 e. The molecular weight excluding hydrogens is 508 g/mol. The van der Waals surface area contributed by atoms with Crippen molar-refractivity contribution in [2.75, 3.05) is 13.2 Å². The predicted octanol–water partition coefficient (Wildman–Crippen LogP) is 5.39. The molecule has 0 bridgehead atoms. The first-order valence-electron chi connectivity index (χ1n) is 13.7. The molecule has 0 unspecified atom stereocenters. The number of aryl methyl sites for hydroxylation is 1. The summed E-state index contributed by atoms with van der Waals surface area (Å²) in [7, 11) is 0. The molecule has 1 aliphatic carbocycles. The summed E-state index contributed by atoms with van der Waals surface area (Å²) >= 11 is 0. The minimum Gasteiger partial charge on any atom is -0.448 e. The first-order chi connectivity index (χ1) is 19.4. The van der Waals surface area contributed by atoms with Gasteiger partial charge in [0.2, 0.25) is 0 Å². The molecule has 8 nitrogen and oxygen atoms in total. The van der Waals surface area contributed by atoms with Crippen LogP contribution in [-0.2, 0) is 36.9 Å². The Morgan fingerprint density at radius 2 is 1.43 bits per heavy atom. The van der Waals surface area contributed by atoms with Crippen molar-refractivity contribution in [2.24, 2.45) is 0 Å². The summed E-state index contributed by atoms with van der Waals surface area (Å²) in [5, 5.41) is 0.487. The summed E-state index contributed by atoms with van der Waals surface area (Å²) in [5.41, 5.74) is 6.40. The van der Waals surface area contributed by atoms with Gasteiger partial charge in [-0.15, -0.1) is 5.06 Å². The molecule has 0 aromatic heterocycles. The number of nitrogens with zero attached hydrogens (tertiary/aromatic N) is 2. The first-order valence-corrected chi connectivity index (χ1v) is 13.7. The zero-order chi connectivity index (χ0) is 28.1. The molecule has 1 fully saturated rings. The Bertz CT molecular complexity index is 1360.